The molecule has 0 aromatic carbocycles. The van der Waals surface area contributed by atoms with Crippen molar-refractivity contribution < 1.29 is 9.90 Å². The summed E-state index contributed by atoms with van der Waals surface area (Å²) in [5.74, 6) is 0.631. The van der Waals surface area contributed by atoms with Crippen molar-refractivity contribution in [2.24, 2.45) is 13.0 Å². The van der Waals surface area contributed by atoms with E-state index in [0.29, 0.717) is 18.0 Å². The number of rotatable bonds is 7. The molecule has 1 atom stereocenters. The SMILES string of the molecule is CC(C)CCC(C)(O)CNC(=O)c1cc(C(C)C)nn1C. The Hall–Kier alpha value is -1.36. The monoisotopic (exact) mass is 295 g/mol. The first kappa shape index (κ1) is 17.7. The maximum absolute atomic E-state index is 12.2. The second-order valence-electron chi connectivity index (χ2n) is 6.84. The number of aromatic nitrogens is 2. The molecular weight excluding hydrogens is 266 g/mol. The Labute approximate surface area is 127 Å². The van der Waals surface area contributed by atoms with Crippen LogP contribution in [0.2, 0.25) is 0 Å². The molecule has 5 heteroatoms. The van der Waals surface area contributed by atoms with Crippen molar-refractivity contribution in [1.82, 2.24) is 15.1 Å². The zero-order valence-corrected chi connectivity index (χ0v) is 14.1. The number of aryl methyl sites for hydroxylation is 1. The molecule has 0 bridgehead atoms. The summed E-state index contributed by atoms with van der Waals surface area (Å²) in [6.45, 7) is 10.3. The van der Waals surface area contributed by atoms with Gasteiger partial charge in [-0.3, -0.25) is 9.48 Å². The van der Waals surface area contributed by atoms with Crippen LogP contribution in [0.4, 0.5) is 0 Å². The van der Waals surface area contributed by atoms with E-state index in [1.807, 2.05) is 19.9 Å². The Morgan fingerprint density at radius 3 is 2.52 bits per heavy atom. The molecule has 21 heavy (non-hydrogen) atoms. The number of carbonyl (C=O) groups is 1. The van der Waals surface area contributed by atoms with Crippen LogP contribution in [0.25, 0.3) is 0 Å². The molecule has 0 spiro atoms. The van der Waals surface area contributed by atoms with Crippen LogP contribution in [0.1, 0.15) is 69.6 Å². The van der Waals surface area contributed by atoms with Crippen LogP contribution in [0.3, 0.4) is 0 Å². The lowest BCUT2D eigenvalue weighted by Gasteiger charge is -2.24. The molecule has 0 fully saturated rings. The number of carbonyl (C=O) groups excluding carboxylic acids is 1. The third-order valence-corrected chi connectivity index (χ3v) is 3.61. The van der Waals surface area contributed by atoms with Crippen LogP contribution in [0, 0.1) is 5.92 Å². The van der Waals surface area contributed by atoms with Gasteiger partial charge < -0.3 is 10.4 Å². The molecule has 1 amide bonds. The highest BCUT2D eigenvalue weighted by Gasteiger charge is 2.23. The summed E-state index contributed by atoms with van der Waals surface area (Å²) in [4.78, 5) is 12.2. The zero-order chi connectivity index (χ0) is 16.2. The molecule has 1 heterocycles. The molecule has 0 aliphatic carbocycles. The van der Waals surface area contributed by atoms with E-state index >= 15 is 0 Å². The summed E-state index contributed by atoms with van der Waals surface area (Å²) >= 11 is 0. The molecule has 1 aromatic heterocycles. The van der Waals surface area contributed by atoms with Gasteiger partial charge in [-0.05, 0) is 37.7 Å². The molecule has 0 radical (unpaired) electrons. The third kappa shape index (κ3) is 5.50. The highest BCUT2D eigenvalue weighted by Crippen LogP contribution is 2.16. The predicted octanol–water partition coefficient (Wildman–Crippen LogP) is 2.46. The van der Waals surface area contributed by atoms with Gasteiger partial charge in [-0.1, -0.05) is 27.7 Å². The van der Waals surface area contributed by atoms with Gasteiger partial charge in [0.15, 0.2) is 0 Å². The van der Waals surface area contributed by atoms with Crippen molar-refractivity contribution in [2.75, 3.05) is 6.54 Å². The topological polar surface area (TPSA) is 67.2 Å². The van der Waals surface area contributed by atoms with E-state index in [9.17, 15) is 9.90 Å². The number of nitrogens with zero attached hydrogens (tertiary/aromatic N) is 2. The summed E-state index contributed by atoms with van der Waals surface area (Å²) in [5.41, 5.74) is 0.548. The van der Waals surface area contributed by atoms with Crippen LogP contribution < -0.4 is 5.32 Å². The van der Waals surface area contributed by atoms with E-state index in [2.05, 4.69) is 24.3 Å². The van der Waals surface area contributed by atoms with Gasteiger partial charge in [0.1, 0.15) is 5.69 Å². The number of hydrogen-bond acceptors (Lipinski definition) is 3. The molecular formula is C16H29N3O2. The van der Waals surface area contributed by atoms with E-state index in [0.717, 1.165) is 12.1 Å². The fraction of sp³-hybridized carbons (Fsp3) is 0.750. The van der Waals surface area contributed by atoms with Crippen molar-refractivity contribution in [3.8, 4) is 0 Å². The molecule has 0 aliphatic heterocycles. The maximum atomic E-state index is 12.2. The first-order valence-corrected chi connectivity index (χ1v) is 7.67. The minimum Gasteiger partial charge on any atom is -0.388 e. The van der Waals surface area contributed by atoms with E-state index in [1.54, 1.807) is 18.7 Å². The van der Waals surface area contributed by atoms with Crippen LogP contribution in [-0.2, 0) is 7.05 Å². The van der Waals surface area contributed by atoms with Crippen LogP contribution in [-0.4, -0.2) is 32.9 Å². The zero-order valence-electron chi connectivity index (χ0n) is 14.1. The normalized spacial score (nSPS) is 14.5. The van der Waals surface area contributed by atoms with Gasteiger partial charge in [-0.15, -0.1) is 0 Å². The molecule has 120 valence electrons. The molecule has 0 saturated carbocycles. The maximum Gasteiger partial charge on any atom is 0.269 e. The number of hydrogen-bond donors (Lipinski definition) is 2. The summed E-state index contributed by atoms with van der Waals surface area (Å²) in [6.07, 6.45) is 1.61. The van der Waals surface area contributed by atoms with Gasteiger partial charge in [-0.25, -0.2) is 0 Å². The molecule has 5 nitrogen and oxygen atoms in total. The smallest absolute Gasteiger partial charge is 0.269 e. The Morgan fingerprint density at radius 2 is 2.05 bits per heavy atom. The Morgan fingerprint density at radius 1 is 1.43 bits per heavy atom. The number of aliphatic hydroxyl groups is 1. The van der Waals surface area contributed by atoms with Crippen LogP contribution in [0.15, 0.2) is 6.07 Å². The third-order valence-electron chi connectivity index (χ3n) is 3.61. The van der Waals surface area contributed by atoms with Crippen molar-refractivity contribution in [3.05, 3.63) is 17.5 Å². The average molecular weight is 295 g/mol. The van der Waals surface area contributed by atoms with Gasteiger partial charge in [0.05, 0.1) is 11.3 Å². The summed E-state index contributed by atoms with van der Waals surface area (Å²) in [7, 11) is 1.76. The lowest BCUT2D eigenvalue weighted by molar-refractivity contribution is 0.0427. The molecule has 1 rings (SSSR count). The second kappa shape index (κ2) is 7.07. The molecule has 1 unspecified atom stereocenters. The minimum atomic E-state index is -0.876. The molecule has 0 saturated heterocycles. The van der Waals surface area contributed by atoms with Gasteiger partial charge in [0.2, 0.25) is 0 Å². The van der Waals surface area contributed by atoms with E-state index in [4.69, 9.17) is 0 Å². The Bertz CT molecular complexity index is 476. The summed E-state index contributed by atoms with van der Waals surface area (Å²) < 4.78 is 1.59. The molecule has 2 N–H and O–H groups in total. The number of nitrogens with one attached hydrogen (secondary N) is 1. The van der Waals surface area contributed by atoms with E-state index < -0.39 is 5.60 Å². The predicted molar refractivity (Wildman–Crippen MR) is 84.3 cm³/mol. The van der Waals surface area contributed by atoms with Gasteiger partial charge in [-0.2, -0.15) is 5.10 Å². The largest absolute Gasteiger partial charge is 0.388 e. The fourth-order valence-electron chi connectivity index (χ4n) is 2.03. The lowest BCUT2D eigenvalue weighted by Crippen LogP contribution is -2.41. The van der Waals surface area contributed by atoms with Gasteiger partial charge >= 0.3 is 0 Å². The Kier molecular flexibility index (Phi) is 5.96. The van der Waals surface area contributed by atoms with Crippen LogP contribution >= 0.6 is 0 Å². The van der Waals surface area contributed by atoms with Crippen molar-refractivity contribution in [3.63, 3.8) is 0 Å². The summed E-state index contributed by atoms with van der Waals surface area (Å²) in [5, 5.41) is 17.4. The quantitative estimate of drug-likeness (QED) is 0.812. The van der Waals surface area contributed by atoms with Crippen molar-refractivity contribution in [1.29, 1.82) is 0 Å². The average Bonchev–Trinajstić information content (AvgIpc) is 2.76. The highest BCUT2D eigenvalue weighted by molar-refractivity contribution is 5.92. The van der Waals surface area contributed by atoms with Crippen LogP contribution in [0.5, 0.6) is 0 Å². The standard InChI is InChI=1S/C16H29N3O2/c1-11(2)7-8-16(5,21)10-17-15(20)14-9-13(12(3)4)18-19(14)6/h9,11-12,21H,7-8,10H2,1-6H3,(H,17,20). The number of amides is 1. The van der Waals surface area contributed by atoms with E-state index in [1.165, 1.54) is 0 Å². The first-order chi connectivity index (χ1) is 9.62. The molecule has 1 aromatic rings. The van der Waals surface area contributed by atoms with Gasteiger partial charge in [0, 0.05) is 13.6 Å². The van der Waals surface area contributed by atoms with Crippen molar-refractivity contribution >= 4 is 5.91 Å². The second-order valence-corrected chi connectivity index (χ2v) is 6.84. The molecule has 0 aliphatic rings. The summed E-state index contributed by atoms with van der Waals surface area (Å²) in [6, 6.07) is 1.81. The lowest BCUT2D eigenvalue weighted by atomic mass is 9.95. The van der Waals surface area contributed by atoms with Crippen molar-refractivity contribution in [2.45, 2.75) is 59.0 Å². The highest BCUT2D eigenvalue weighted by atomic mass is 16.3. The fourth-order valence-corrected chi connectivity index (χ4v) is 2.03. The van der Waals surface area contributed by atoms with Gasteiger partial charge in [0.25, 0.3) is 5.91 Å². The Balaban J connectivity index is 2.61. The minimum absolute atomic E-state index is 0.193. The first-order valence-electron chi connectivity index (χ1n) is 7.67. The van der Waals surface area contributed by atoms with E-state index in [-0.39, 0.29) is 18.4 Å².